The van der Waals surface area contributed by atoms with Crippen LogP contribution < -0.4 is 16.4 Å². The minimum absolute atomic E-state index is 0.00603. The molecule has 0 spiro atoms. The van der Waals surface area contributed by atoms with Gasteiger partial charge in [0.25, 0.3) is 5.89 Å². The van der Waals surface area contributed by atoms with E-state index in [1.54, 1.807) is 36.4 Å². The highest BCUT2D eigenvalue weighted by Crippen LogP contribution is 2.26. The van der Waals surface area contributed by atoms with Crippen LogP contribution in [0, 0.1) is 0 Å². The van der Waals surface area contributed by atoms with Gasteiger partial charge in [-0.2, -0.15) is 0 Å². The second kappa shape index (κ2) is 20.1. The summed E-state index contributed by atoms with van der Waals surface area (Å²) in [5, 5.41) is 6.32. The van der Waals surface area contributed by atoms with Gasteiger partial charge in [-0.25, -0.2) is 9.78 Å². The second-order valence-corrected chi connectivity index (χ2v) is 15.2. The normalized spacial score (nSPS) is 15.9. The minimum Gasteiger partial charge on any atom is -0.445 e. The number of amides is 3. The molecule has 0 bridgehead atoms. The van der Waals surface area contributed by atoms with Crippen molar-refractivity contribution in [2.75, 3.05) is 6.54 Å². The number of aryl methyl sites for hydroxylation is 1. The van der Waals surface area contributed by atoms with Gasteiger partial charge >= 0.3 is 6.09 Å². The Morgan fingerprint density at radius 2 is 1.38 bits per heavy atom. The molecule has 13 heteroatoms. The van der Waals surface area contributed by atoms with Gasteiger partial charge in [0, 0.05) is 31.0 Å². The van der Waals surface area contributed by atoms with E-state index in [9.17, 15) is 19.2 Å². The molecule has 1 aliphatic rings. The number of nitrogens with two attached hydrogens (primary N) is 1. The van der Waals surface area contributed by atoms with Crippen molar-refractivity contribution in [3.05, 3.63) is 172 Å². The van der Waals surface area contributed by atoms with E-state index >= 15 is 0 Å². The average Bonchev–Trinajstić information content (AvgIpc) is 3.92. The third kappa shape index (κ3) is 11.0. The first-order valence-corrected chi connectivity index (χ1v) is 20.3. The van der Waals surface area contributed by atoms with E-state index in [1.165, 1.54) is 4.90 Å². The van der Waals surface area contributed by atoms with Crippen molar-refractivity contribution in [3.63, 3.8) is 0 Å². The number of oxazole rings is 1. The zero-order chi connectivity index (χ0) is 41.8. The lowest BCUT2D eigenvalue weighted by atomic mass is 10.00. The van der Waals surface area contributed by atoms with Crippen LogP contribution in [-0.2, 0) is 51.7 Å². The standard InChI is InChI=1S/C47H46ClN5O7/c48-36-22-19-35(20-23-36)29-58-37-26-41(44(55)50-40(25-32-15-17-33(27-49)18-16-32)43(54)45-51-38-13-7-8-14-42(38)60-45)53(28-37)46(56)39(24-21-31-9-3-1-4-10-31)52-47(57)59-30-34-11-5-2-6-12-34/h1-20,22-23,37,39-41H,21,24-30,49H2,(H,50,55)(H,52,57)/t37-,39-,40+,41+/m1/s1. The molecule has 0 saturated carbocycles. The molecule has 0 radical (unpaired) electrons. The third-order valence-corrected chi connectivity index (χ3v) is 10.7. The van der Waals surface area contributed by atoms with Gasteiger partial charge in [-0.05, 0) is 64.9 Å². The highest BCUT2D eigenvalue weighted by atomic mass is 35.5. The summed E-state index contributed by atoms with van der Waals surface area (Å²) >= 11 is 6.11. The highest BCUT2D eigenvalue weighted by Gasteiger charge is 2.44. The fraction of sp³-hybridized carbons (Fsp3) is 0.255. The number of alkyl carbamates (subject to hydrolysis) is 1. The number of likely N-dealkylation sites (tertiary alicyclic amines) is 1. The van der Waals surface area contributed by atoms with Gasteiger partial charge in [-0.3, -0.25) is 14.4 Å². The summed E-state index contributed by atoms with van der Waals surface area (Å²) in [6.45, 7) is 0.613. The monoisotopic (exact) mass is 827 g/mol. The molecule has 2 heterocycles. The van der Waals surface area contributed by atoms with Crippen molar-refractivity contribution >= 4 is 46.4 Å². The molecule has 4 atom stereocenters. The lowest BCUT2D eigenvalue weighted by Crippen LogP contribution is -2.55. The Hall–Kier alpha value is -6.34. The SMILES string of the molecule is NCc1ccc(C[C@H](NC(=O)[C@@H]2C[C@@H](OCc3ccc(Cl)cc3)CN2C(=O)[C@@H](CCc2ccccc2)NC(=O)OCc2ccccc2)C(=O)c2nc3ccccc3o2)cc1. The molecule has 60 heavy (non-hydrogen) atoms. The summed E-state index contributed by atoms with van der Waals surface area (Å²) in [6.07, 6.45) is -0.409. The Morgan fingerprint density at radius 3 is 2.08 bits per heavy atom. The lowest BCUT2D eigenvalue weighted by Gasteiger charge is -2.29. The van der Waals surface area contributed by atoms with Gasteiger partial charge in [0.1, 0.15) is 30.2 Å². The molecule has 12 nitrogen and oxygen atoms in total. The first-order valence-electron chi connectivity index (χ1n) is 19.9. The molecule has 1 fully saturated rings. The number of halogens is 1. The highest BCUT2D eigenvalue weighted by molar-refractivity contribution is 6.30. The number of hydrogen-bond acceptors (Lipinski definition) is 9. The van der Waals surface area contributed by atoms with Crippen LogP contribution in [-0.4, -0.2) is 64.3 Å². The smallest absolute Gasteiger partial charge is 0.408 e. The largest absolute Gasteiger partial charge is 0.445 e. The van der Waals surface area contributed by atoms with Crippen LogP contribution in [0.25, 0.3) is 11.1 Å². The topological polar surface area (TPSA) is 166 Å². The van der Waals surface area contributed by atoms with Crippen LogP contribution in [0.1, 0.15) is 51.3 Å². The zero-order valence-corrected chi connectivity index (χ0v) is 33.6. The van der Waals surface area contributed by atoms with Gasteiger partial charge in [-0.15, -0.1) is 0 Å². The van der Waals surface area contributed by atoms with E-state index in [0.29, 0.717) is 29.1 Å². The molecule has 5 aromatic carbocycles. The fourth-order valence-electron chi connectivity index (χ4n) is 7.18. The number of ketones is 1. The summed E-state index contributed by atoms with van der Waals surface area (Å²) in [5.74, 6) is -1.73. The zero-order valence-electron chi connectivity index (χ0n) is 32.9. The summed E-state index contributed by atoms with van der Waals surface area (Å²) in [7, 11) is 0. The maximum Gasteiger partial charge on any atom is 0.408 e. The van der Waals surface area contributed by atoms with Gasteiger partial charge < -0.3 is 35.2 Å². The molecule has 7 rings (SSSR count). The number of hydrogen-bond donors (Lipinski definition) is 3. The van der Waals surface area contributed by atoms with Crippen molar-refractivity contribution in [2.24, 2.45) is 5.73 Å². The number of nitrogens with zero attached hydrogens (tertiary/aromatic N) is 2. The molecule has 4 N–H and O–H groups in total. The van der Waals surface area contributed by atoms with Crippen LogP contribution in [0.4, 0.5) is 4.79 Å². The lowest BCUT2D eigenvalue weighted by molar-refractivity contribution is -0.140. The molecular weight excluding hydrogens is 782 g/mol. The van der Waals surface area contributed by atoms with Crippen molar-refractivity contribution in [2.45, 2.75) is 69.7 Å². The molecule has 1 aromatic heterocycles. The van der Waals surface area contributed by atoms with E-state index in [0.717, 1.165) is 27.8 Å². The fourth-order valence-corrected chi connectivity index (χ4v) is 7.30. The van der Waals surface area contributed by atoms with Crippen molar-refractivity contribution in [1.82, 2.24) is 20.5 Å². The van der Waals surface area contributed by atoms with Crippen molar-refractivity contribution < 1.29 is 33.1 Å². The maximum atomic E-state index is 14.7. The number of aromatic nitrogens is 1. The van der Waals surface area contributed by atoms with Gasteiger partial charge in [0.05, 0.1) is 12.7 Å². The Morgan fingerprint density at radius 1 is 0.750 bits per heavy atom. The number of carbonyl (C=O) groups is 4. The van der Waals surface area contributed by atoms with Gasteiger partial charge in [0.15, 0.2) is 5.58 Å². The number of ether oxygens (including phenoxy) is 2. The first-order chi connectivity index (χ1) is 29.2. The molecule has 308 valence electrons. The molecule has 0 aliphatic carbocycles. The Balaban J connectivity index is 1.15. The average molecular weight is 828 g/mol. The third-order valence-electron chi connectivity index (χ3n) is 10.5. The number of nitrogens with one attached hydrogen (secondary N) is 2. The predicted molar refractivity (Wildman–Crippen MR) is 227 cm³/mol. The van der Waals surface area contributed by atoms with Crippen LogP contribution in [0.5, 0.6) is 0 Å². The molecular formula is C47H46ClN5O7. The maximum absolute atomic E-state index is 14.7. The summed E-state index contributed by atoms with van der Waals surface area (Å²) in [6, 6.07) is 37.3. The number of Topliss-reactive ketones (excluding diaryl/α,β-unsaturated/α-hetero) is 1. The van der Waals surface area contributed by atoms with E-state index in [2.05, 4.69) is 15.6 Å². The number of rotatable bonds is 17. The summed E-state index contributed by atoms with van der Waals surface area (Å²) < 4.78 is 17.7. The first kappa shape index (κ1) is 41.8. The van der Waals surface area contributed by atoms with Crippen LogP contribution >= 0.6 is 11.6 Å². The molecule has 1 saturated heterocycles. The second-order valence-electron chi connectivity index (χ2n) is 14.7. The number of benzene rings is 5. The predicted octanol–water partition coefficient (Wildman–Crippen LogP) is 6.96. The van der Waals surface area contributed by atoms with Crippen LogP contribution in [0.2, 0.25) is 5.02 Å². The number of para-hydroxylation sites is 2. The molecule has 1 aliphatic heterocycles. The number of carbonyl (C=O) groups excluding carboxylic acids is 4. The van der Waals surface area contributed by atoms with Gasteiger partial charge in [-0.1, -0.05) is 121 Å². The molecule has 3 amide bonds. The van der Waals surface area contributed by atoms with Gasteiger partial charge in [0.2, 0.25) is 17.6 Å². The van der Waals surface area contributed by atoms with E-state index < -0.39 is 47.9 Å². The van der Waals surface area contributed by atoms with E-state index in [4.69, 9.17) is 31.2 Å². The van der Waals surface area contributed by atoms with Crippen LogP contribution in [0.3, 0.4) is 0 Å². The van der Waals surface area contributed by atoms with Crippen molar-refractivity contribution in [3.8, 4) is 0 Å². The Bertz CT molecular complexity index is 2340. The van der Waals surface area contributed by atoms with Crippen molar-refractivity contribution in [1.29, 1.82) is 0 Å². The summed E-state index contributed by atoms with van der Waals surface area (Å²) in [4.78, 5) is 62.7. The number of fused-ring (bicyclic) bond motifs is 1. The quantitative estimate of drug-likeness (QED) is 0.0824. The Kier molecular flexibility index (Phi) is 14.0. The van der Waals surface area contributed by atoms with Crippen LogP contribution in [0.15, 0.2) is 138 Å². The van der Waals surface area contributed by atoms with E-state index in [1.807, 2.05) is 97.1 Å². The van der Waals surface area contributed by atoms with E-state index in [-0.39, 0.29) is 44.9 Å². The minimum atomic E-state index is -1.11. The Labute approximate surface area is 353 Å². The molecule has 0 unspecified atom stereocenters. The molecule has 6 aromatic rings. The summed E-state index contributed by atoms with van der Waals surface area (Å²) in [5.41, 5.74) is 11.1.